The summed E-state index contributed by atoms with van der Waals surface area (Å²) in [6, 6.07) is 9.81. The average Bonchev–Trinajstić information content (AvgIpc) is 2.86. The second kappa shape index (κ2) is 8.17. The van der Waals surface area contributed by atoms with E-state index in [2.05, 4.69) is 15.7 Å². The van der Waals surface area contributed by atoms with Gasteiger partial charge in [0, 0.05) is 18.4 Å². The fourth-order valence-corrected chi connectivity index (χ4v) is 2.56. The molecule has 1 aromatic carbocycles. The second-order valence-corrected chi connectivity index (χ2v) is 7.45. The molecule has 0 spiro atoms. The molecule has 0 unspecified atom stereocenters. The van der Waals surface area contributed by atoms with Gasteiger partial charge in [-0.1, -0.05) is 39.0 Å². The summed E-state index contributed by atoms with van der Waals surface area (Å²) in [7, 11) is 0. The molecule has 0 aliphatic rings. The molecule has 2 rings (SSSR count). The molecular formula is C20H28N4O2. The second-order valence-electron chi connectivity index (χ2n) is 7.45. The van der Waals surface area contributed by atoms with E-state index in [0.29, 0.717) is 19.4 Å². The van der Waals surface area contributed by atoms with Crippen LogP contribution in [0, 0.1) is 19.3 Å². The predicted octanol–water partition coefficient (Wildman–Crippen LogP) is 3.37. The number of anilines is 1. The summed E-state index contributed by atoms with van der Waals surface area (Å²) in [4.78, 5) is 24.0. The van der Waals surface area contributed by atoms with Crippen LogP contribution in [0.2, 0.25) is 0 Å². The third-order valence-corrected chi connectivity index (χ3v) is 4.10. The van der Waals surface area contributed by atoms with Crippen molar-refractivity contribution in [2.24, 2.45) is 5.41 Å². The molecule has 0 atom stereocenters. The molecule has 1 heterocycles. The molecule has 2 amide bonds. The van der Waals surface area contributed by atoms with Crippen molar-refractivity contribution in [1.82, 2.24) is 15.1 Å². The standard InChI is InChI=1S/C20H28N4O2/c1-14-18(15(2)24(23-14)16-10-7-6-8-11-16)22-17(25)12-9-13-21-19(26)20(3,4)5/h6-8,10-11H,9,12-13H2,1-5H3,(H,21,26)(H,22,25). The van der Waals surface area contributed by atoms with E-state index in [9.17, 15) is 9.59 Å². The van der Waals surface area contributed by atoms with Crippen molar-refractivity contribution in [2.75, 3.05) is 11.9 Å². The van der Waals surface area contributed by atoms with Crippen LogP contribution in [-0.4, -0.2) is 28.1 Å². The Kier molecular flexibility index (Phi) is 6.18. The van der Waals surface area contributed by atoms with Crippen LogP contribution in [0.5, 0.6) is 0 Å². The molecule has 0 saturated heterocycles. The van der Waals surface area contributed by atoms with Crippen molar-refractivity contribution in [2.45, 2.75) is 47.5 Å². The van der Waals surface area contributed by atoms with Gasteiger partial charge in [-0.05, 0) is 32.4 Å². The quantitative estimate of drug-likeness (QED) is 0.779. The van der Waals surface area contributed by atoms with Crippen LogP contribution in [0.4, 0.5) is 5.69 Å². The van der Waals surface area contributed by atoms with E-state index in [1.54, 1.807) is 0 Å². The molecule has 0 aliphatic heterocycles. The summed E-state index contributed by atoms with van der Waals surface area (Å²) in [5.41, 5.74) is 2.96. The summed E-state index contributed by atoms with van der Waals surface area (Å²) in [6.07, 6.45) is 0.943. The van der Waals surface area contributed by atoms with Gasteiger partial charge in [-0.3, -0.25) is 9.59 Å². The maximum absolute atomic E-state index is 12.2. The monoisotopic (exact) mass is 356 g/mol. The molecule has 1 aromatic heterocycles. The number of aromatic nitrogens is 2. The van der Waals surface area contributed by atoms with Gasteiger partial charge in [-0.15, -0.1) is 0 Å². The Morgan fingerprint density at radius 3 is 2.38 bits per heavy atom. The molecule has 2 N–H and O–H groups in total. The Hall–Kier alpha value is -2.63. The average molecular weight is 356 g/mol. The van der Waals surface area contributed by atoms with Gasteiger partial charge in [-0.2, -0.15) is 5.10 Å². The number of benzene rings is 1. The Morgan fingerprint density at radius 2 is 1.77 bits per heavy atom. The lowest BCUT2D eigenvalue weighted by molar-refractivity contribution is -0.128. The molecule has 26 heavy (non-hydrogen) atoms. The number of carbonyl (C=O) groups is 2. The van der Waals surface area contributed by atoms with Crippen LogP contribution < -0.4 is 10.6 Å². The number of amides is 2. The molecule has 0 bridgehead atoms. The summed E-state index contributed by atoms with van der Waals surface area (Å²) in [5, 5.41) is 10.3. The first-order chi connectivity index (χ1) is 12.2. The van der Waals surface area contributed by atoms with Crippen LogP contribution in [-0.2, 0) is 9.59 Å². The zero-order valence-electron chi connectivity index (χ0n) is 16.2. The van der Waals surface area contributed by atoms with E-state index < -0.39 is 5.41 Å². The van der Waals surface area contributed by atoms with Gasteiger partial charge < -0.3 is 10.6 Å². The Labute approximate surface area is 155 Å². The summed E-state index contributed by atoms with van der Waals surface area (Å²) >= 11 is 0. The molecule has 6 nitrogen and oxygen atoms in total. The van der Waals surface area contributed by atoms with Gasteiger partial charge in [0.15, 0.2) is 0 Å². The van der Waals surface area contributed by atoms with Crippen LogP contribution in [0.25, 0.3) is 5.69 Å². The smallest absolute Gasteiger partial charge is 0.225 e. The highest BCUT2D eigenvalue weighted by atomic mass is 16.2. The van der Waals surface area contributed by atoms with Gasteiger partial charge in [0.1, 0.15) is 0 Å². The van der Waals surface area contributed by atoms with Gasteiger partial charge in [0.05, 0.1) is 22.8 Å². The number of aryl methyl sites for hydroxylation is 1. The highest BCUT2D eigenvalue weighted by molar-refractivity contribution is 5.92. The molecule has 2 aromatic rings. The fourth-order valence-electron chi connectivity index (χ4n) is 2.56. The molecule has 140 valence electrons. The van der Waals surface area contributed by atoms with Crippen LogP contribution in [0.3, 0.4) is 0 Å². The molecular weight excluding hydrogens is 328 g/mol. The van der Waals surface area contributed by atoms with Crippen molar-refractivity contribution in [3.63, 3.8) is 0 Å². The van der Waals surface area contributed by atoms with Gasteiger partial charge in [0.25, 0.3) is 0 Å². The Morgan fingerprint density at radius 1 is 1.12 bits per heavy atom. The number of nitrogens with zero attached hydrogens (tertiary/aromatic N) is 2. The minimum absolute atomic E-state index is 0.00580. The van der Waals surface area contributed by atoms with Gasteiger partial charge in [0.2, 0.25) is 11.8 Å². The molecule has 0 fully saturated rings. The molecule has 0 radical (unpaired) electrons. The zero-order valence-corrected chi connectivity index (χ0v) is 16.2. The maximum Gasteiger partial charge on any atom is 0.225 e. The predicted molar refractivity (Wildman–Crippen MR) is 103 cm³/mol. The SMILES string of the molecule is Cc1nn(-c2ccccc2)c(C)c1NC(=O)CCCNC(=O)C(C)(C)C. The fraction of sp³-hybridized carbons (Fsp3) is 0.450. The minimum atomic E-state index is -0.414. The van der Waals surface area contributed by atoms with Crippen LogP contribution in [0.1, 0.15) is 45.0 Å². The zero-order chi connectivity index (χ0) is 19.3. The van der Waals surface area contributed by atoms with Gasteiger partial charge in [-0.25, -0.2) is 4.68 Å². The van der Waals surface area contributed by atoms with Crippen molar-refractivity contribution in [3.05, 3.63) is 41.7 Å². The van der Waals surface area contributed by atoms with Crippen molar-refractivity contribution in [3.8, 4) is 5.69 Å². The van der Waals surface area contributed by atoms with E-state index in [1.807, 2.05) is 69.6 Å². The largest absolute Gasteiger partial charge is 0.356 e. The minimum Gasteiger partial charge on any atom is -0.356 e. The molecule has 6 heteroatoms. The Bertz CT molecular complexity index is 773. The molecule has 0 aliphatic carbocycles. The summed E-state index contributed by atoms with van der Waals surface area (Å²) in [6.45, 7) is 9.91. The first kappa shape index (κ1) is 19.7. The number of rotatable bonds is 6. The maximum atomic E-state index is 12.2. The Balaban J connectivity index is 1.92. The van der Waals surface area contributed by atoms with Crippen molar-refractivity contribution >= 4 is 17.5 Å². The number of para-hydroxylation sites is 1. The number of hydrogen-bond acceptors (Lipinski definition) is 3. The van der Waals surface area contributed by atoms with Crippen molar-refractivity contribution in [1.29, 1.82) is 0 Å². The van der Waals surface area contributed by atoms with E-state index >= 15 is 0 Å². The number of hydrogen-bond donors (Lipinski definition) is 2. The lowest BCUT2D eigenvalue weighted by Gasteiger charge is -2.17. The van der Waals surface area contributed by atoms with E-state index in [4.69, 9.17) is 0 Å². The first-order valence-electron chi connectivity index (χ1n) is 8.90. The lowest BCUT2D eigenvalue weighted by Crippen LogP contribution is -2.35. The number of carbonyl (C=O) groups excluding carboxylic acids is 2. The van der Waals surface area contributed by atoms with Crippen molar-refractivity contribution < 1.29 is 9.59 Å². The van der Waals surface area contributed by atoms with E-state index in [0.717, 1.165) is 22.8 Å². The van der Waals surface area contributed by atoms with Crippen LogP contribution in [0.15, 0.2) is 30.3 Å². The van der Waals surface area contributed by atoms with Gasteiger partial charge >= 0.3 is 0 Å². The third kappa shape index (κ3) is 4.94. The molecule has 0 saturated carbocycles. The lowest BCUT2D eigenvalue weighted by atomic mass is 9.96. The highest BCUT2D eigenvalue weighted by Gasteiger charge is 2.20. The van der Waals surface area contributed by atoms with E-state index in [1.165, 1.54) is 0 Å². The summed E-state index contributed by atoms with van der Waals surface area (Å²) in [5.74, 6) is -0.0810. The third-order valence-electron chi connectivity index (χ3n) is 4.10. The van der Waals surface area contributed by atoms with E-state index in [-0.39, 0.29) is 11.8 Å². The first-order valence-corrected chi connectivity index (χ1v) is 8.90. The summed E-state index contributed by atoms with van der Waals surface area (Å²) < 4.78 is 1.83. The number of nitrogens with one attached hydrogen (secondary N) is 2. The topological polar surface area (TPSA) is 76.0 Å². The normalized spacial score (nSPS) is 11.3. The highest BCUT2D eigenvalue weighted by Crippen LogP contribution is 2.23. The van der Waals surface area contributed by atoms with Crippen LogP contribution >= 0.6 is 0 Å².